The smallest absolute Gasteiger partial charge is 0.225 e. The minimum atomic E-state index is -3.46. The number of amides is 1. The molecule has 8 heteroatoms. The molecule has 2 aromatic rings. The van der Waals surface area contributed by atoms with Crippen molar-refractivity contribution in [3.05, 3.63) is 59.9 Å². The lowest BCUT2D eigenvalue weighted by molar-refractivity contribution is -0.116. The van der Waals surface area contributed by atoms with E-state index in [4.69, 9.17) is 4.74 Å². The van der Waals surface area contributed by atoms with Crippen LogP contribution in [0.2, 0.25) is 0 Å². The number of rotatable bonds is 9. The van der Waals surface area contributed by atoms with Gasteiger partial charge in [0.1, 0.15) is 11.6 Å². The van der Waals surface area contributed by atoms with E-state index in [-0.39, 0.29) is 31.2 Å². The molecule has 0 radical (unpaired) electrons. The van der Waals surface area contributed by atoms with Gasteiger partial charge in [-0.2, -0.15) is 0 Å². The quantitative estimate of drug-likeness (QED) is 0.710. The van der Waals surface area contributed by atoms with Gasteiger partial charge in [-0.15, -0.1) is 0 Å². The fourth-order valence-electron chi connectivity index (χ4n) is 2.47. The highest BCUT2D eigenvalue weighted by Crippen LogP contribution is 2.15. The molecule has 0 saturated carbocycles. The number of methoxy groups -OCH3 is 1. The van der Waals surface area contributed by atoms with Gasteiger partial charge in [0.15, 0.2) is 0 Å². The lowest BCUT2D eigenvalue weighted by Crippen LogP contribution is -2.34. The standard InChI is InChI=1S/C19H23FN2O4S/c1-26-18-9-7-17(8-10-18)21-19(23)12-14-22(27(2,24)25)13-11-15-3-5-16(20)6-4-15/h3-10H,11-14H2,1-2H3,(H,21,23). The van der Waals surface area contributed by atoms with Gasteiger partial charge in [-0.3, -0.25) is 4.79 Å². The van der Waals surface area contributed by atoms with E-state index in [1.165, 1.54) is 16.4 Å². The number of benzene rings is 2. The maximum atomic E-state index is 12.9. The van der Waals surface area contributed by atoms with E-state index in [0.29, 0.717) is 17.9 Å². The van der Waals surface area contributed by atoms with Crippen molar-refractivity contribution in [3.8, 4) is 5.75 Å². The van der Waals surface area contributed by atoms with Crippen LogP contribution in [0.5, 0.6) is 5.75 Å². The largest absolute Gasteiger partial charge is 0.497 e. The predicted molar refractivity (Wildman–Crippen MR) is 103 cm³/mol. The molecular formula is C19H23FN2O4S. The third kappa shape index (κ3) is 6.99. The Labute approximate surface area is 159 Å². The highest BCUT2D eigenvalue weighted by atomic mass is 32.2. The summed E-state index contributed by atoms with van der Waals surface area (Å²) in [6, 6.07) is 12.8. The Balaban J connectivity index is 1.89. The van der Waals surface area contributed by atoms with Crippen LogP contribution in [-0.4, -0.2) is 45.1 Å². The third-order valence-electron chi connectivity index (χ3n) is 3.99. The zero-order valence-electron chi connectivity index (χ0n) is 15.3. The number of anilines is 1. The van der Waals surface area contributed by atoms with Crippen molar-refractivity contribution in [1.82, 2.24) is 4.31 Å². The van der Waals surface area contributed by atoms with Crippen LogP contribution in [0, 0.1) is 5.82 Å². The normalized spacial score (nSPS) is 11.4. The summed E-state index contributed by atoms with van der Waals surface area (Å²) in [6.07, 6.45) is 1.58. The van der Waals surface area contributed by atoms with Crippen molar-refractivity contribution < 1.29 is 22.3 Å². The molecule has 0 saturated heterocycles. The van der Waals surface area contributed by atoms with Gasteiger partial charge in [0, 0.05) is 25.2 Å². The second kappa shape index (κ2) is 9.48. The number of hydrogen-bond acceptors (Lipinski definition) is 4. The number of nitrogens with one attached hydrogen (secondary N) is 1. The van der Waals surface area contributed by atoms with E-state index in [9.17, 15) is 17.6 Å². The fourth-order valence-corrected chi connectivity index (χ4v) is 3.32. The average molecular weight is 394 g/mol. The number of carbonyl (C=O) groups excluding carboxylic acids is 1. The molecule has 6 nitrogen and oxygen atoms in total. The molecule has 0 fully saturated rings. The summed E-state index contributed by atoms with van der Waals surface area (Å²) in [7, 11) is -1.90. The van der Waals surface area contributed by atoms with Gasteiger partial charge in [-0.25, -0.2) is 17.1 Å². The van der Waals surface area contributed by atoms with E-state index >= 15 is 0 Å². The Kier molecular flexibility index (Phi) is 7.32. The van der Waals surface area contributed by atoms with Crippen LogP contribution in [0.3, 0.4) is 0 Å². The maximum Gasteiger partial charge on any atom is 0.225 e. The number of nitrogens with zero attached hydrogens (tertiary/aromatic N) is 1. The summed E-state index contributed by atoms with van der Waals surface area (Å²) in [5.41, 5.74) is 1.44. The van der Waals surface area contributed by atoms with Crippen LogP contribution in [0.25, 0.3) is 0 Å². The molecule has 0 heterocycles. The van der Waals surface area contributed by atoms with Gasteiger partial charge in [-0.1, -0.05) is 12.1 Å². The Morgan fingerprint density at radius 1 is 1.07 bits per heavy atom. The van der Waals surface area contributed by atoms with E-state index in [1.807, 2.05) is 0 Å². The van der Waals surface area contributed by atoms with E-state index < -0.39 is 10.0 Å². The van der Waals surface area contributed by atoms with Crippen molar-refractivity contribution >= 4 is 21.6 Å². The van der Waals surface area contributed by atoms with Crippen molar-refractivity contribution in [3.63, 3.8) is 0 Å². The summed E-state index contributed by atoms with van der Waals surface area (Å²) in [5.74, 6) is 0.0570. The number of ether oxygens (including phenoxy) is 1. The molecule has 0 aromatic heterocycles. The van der Waals surface area contributed by atoms with Crippen LogP contribution in [-0.2, 0) is 21.2 Å². The van der Waals surface area contributed by atoms with Gasteiger partial charge < -0.3 is 10.1 Å². The predicted octanol–water partition coefficient (Wildman–Crippen LogP) is 2.67. The summed E-state index contributed by atoms with van der Waals surface area (Å²) in [4.78, 5) is 12.1. The van der Waals surface area contributed by atoms with Crippen LogP contribution in [0.1, 0.15) is 12.0 Å². The zero-order chi connectivity index (χ0) is 19.9. The SMILES string of the molecule is COc1ccc(NC(=O)CCN(CCc2ccc(F)cc2)S(C)(=O)=O)cc1. The second-order valence-corrected chi connectivity index (χ2v) is 8.05. The maximum absolute atomic E-state index is 12.9. The van der Waals surface area contributed by atoms with Crippen LogP contribution < -0.4 is 10.1 Å². The van der Waals surface area contributed by atoms with Gasteiger partial charge >= 0.3 is 0 Å². The Morgan fingerprint density at radius 3 is 2.26 bits per heavy atom. The van der Waals surface area contributed by atoms with Crippen molar-refractivity contribution in [2.24, 2.45) is 0 Å². The van der Waals surface area contributed by atoms with Crippen molar-refractivity contribution in [1.29, 1.82) is 0 Å². The first-order valence-electron chi connectivity index (χ1n) is 8.41. The zero-order valence-corrected chi connectivity index (χ0v) is 16.1. The number of halogens is 1. The molecule has 2 aromatic carbocycles. The number of carbonyl (C=O) groups is 1. The van der Waals surface area contributed by atoms with Gasteiger partial charge in [0.25, 0.3) is 0 Å². The molecule has 0 atom stereocenters. The molecule has 0 aliphatic carbocycles. The monoisotopic (exact) mass is 394 g/mol. The lowest BCUT2D eigenvalue weighted by Gasteiger charge is -2.19. The number of hydrogen-bond donors (Lipinski definition) is 1. The molecule has 2 rings (SSSR count). The van der Waals surface area contributed by atoms with E-state index in [2.05, 4.69) is 5.32 Å². The molecule has 0 spiro atoms. The molecule has 0 unspecified atom stereocenters. The highest BCUT2D eigenvalue weighted by Gasteiger charge is 2.18. The fraction of sp³-hybridized carbons (Fsp3) is 0.316. The summed E-state index contributed by atoms with van der Waals surface area (Å²) in [6.45, 7) is 0.294. The molecule has 146 valence electrons. The molecule has 0 bridgehead atoms. The van der Waals surface area contributed by atoms with Crippen LogP contribution in [0.4, 0.5) is 10.1 Å². The Hall–Kier alpha value is -2.45. The Bertz CT molecular complexity index is 852. The van der Waals surface area contributed by atoms with Crippen molar-refractivity contribution in [2.45, 2.75) is 12.8 Å². The first-order chi connectivity index (χ1) is 12.8. The molecule has 0 aliphatic rings. The van der Waals surface area contributed by atoms with E-state index in [0.717, 1.165) is 11.8 Å². The van der Waals surface area contributed by atoms with Gasteiger partial charge in [0.05, 0.1) is 13.4 Å². The topological polar surface area (TPSA) is 75.7 Å². The minimum absolute atomic E-state index is 0.0303. The summed E-state index contributed by atoms with van der Waals surface area (Å²) >= 11 is 0. The first-order valence-corrected chi connectivity index (χ1v) is 10.3. The van der Waals surface area contributed by atoms with Gasteiger partial charge in [-0.05, 0) is 48.4 Å². The summed E-state index contributed by atoms with van der Waals surface area (Å²) < 4.78 is 43.2. The van der Waals surface area contributed by atoms with Gasteiger partial charge in [0.2, 0.25) is 15.9 Å². The number of sulfonamides is 1. The van der Waals surface area contributed by atoms with Crippen LogP contribution in [0.15, 0.2) is 48.5 Å². The first kappa shape index (κ1) is 20.9. The molecule has 27 heavy (non-hydrogen) atoms. The van der Waals surface area contributed by atoms with Crippen LogP contribution >= 0.6 is 0 Å². The third-order valence-corrected chi connectivity index (χ3v) is 5.30. The van der Waals surface area contributed by atoms with E-state index in [1.54, 1.807) is 43.5 Å². The molecular weight excluding hydrogens is 371 g/mol. The Morgan fingerprint density at radius 2 is 1.70 bits per heavy atom. The minimum Gasteiger partial charge on any atom is -0.497 e. The lowest BCUT2D eigenvalue weighted by atomic mass is 10.1. The average Bonchev–Trinajstić information content (AvgIpc) is 2.62. The van der Waals surface area contributed by atoms with Crippen molar-refractivity contribution in [2.75, 3.05) is 31.8 Å². The summed E-state index contributed by atoms with van der Waals surface area (Å²) in [5, 5.41) is 2.72. The molecule has 1 N–H and O–H groups in total. The highest BCUT2D eigenvalue weighted by molar-refractivity contribution is 7.88. The second-order valence-electron chi connectivity index (χ2n) is 6.07. The molecule has 1 amide bonds. The molecule has 0 aliphatic heterocycles.